The zero-order valence-electron chi connectivity index (χ0n) is 12.5. The number of thioether (sulfide) groups is 1. The van der Waals surface area contributed by atoms with E-state index in [1.54, 1.807) is 11.8 Å². The number of rotatable bonds is 6. The van der Waals surface area contributed by atoms with Crippen molar-refractivity contribution in [2.75, 3.05) is 6.26 Å². The van der Waals surface area contributed by atoms with E-state index in [-0.39, 0.29) is 12.2 Å². The van der Waals surface area contributed by atoms with E-state index in [4.69, 9.17) is 11.6 Å². The van der Waals surface area contributed by atoms with E-state index in [9.17, 15) is 4.79 Å². The third-order valence-electron chi connectivity index (χ3n) is 3.43. The summed E-state index contributed by atoms with van der Waals surface area (Å²) in [6, 6.07) is 7.67. The molecule has 0 aliphatic heterocycles. The third kappa shape index (κ3) is 3.50. The fourth-order valence-electron chi connectivity index (χ4n) is 2.22. The van der Waals surface area contributed by atoms with Crippen LogP contribution in [0.4, 0.5) is 0 Å². The molecule has 2 aromatic rings. The van der Waals surface area contributed by atoms with Gasteiger partial charge in [-0.2, -0.15) is 5.10 Å². The topological polar surface area (TPSA) is 34.9 Å². The number of hydrogen-bond acceptors (Lipinski definition) is 3. The SMILES string of the molecule is CCc1nn(CC)c(CC(=O)c2ccc(SC)cc2)c1Cl. The smallest absolute Gasteiger partial charge is 0.168 e. The maximum Gasteiger partial charge on any atom is 0.168 e. The average Bonchev–Trinajstić information content (AvgIpc) is 2.83. The van der Waals surface area contributed by atoms with Gasteiger partial charge in [-0.3, -0.25) is 9.48 Å². The monoisotopic (exact) mass is 322 g/mol. The molecule has 0 amide bonds. The first-order valence-electron chi connectivity index (χ1n) is 7.02. The molecule has 0 atom stereocenters. The number of carbonyl (C=O) groups is 1. The normalized spacial score (nSPS) is 10.9. The minimum absolute atomic E-state index is 0.0711. The van der Waals surface area contributed by atoms with Crippen LogP contribution in [0.3, 0.4) is 0 Å². The lowest BCUT2D eigenvalue weighted by Gasteiger charge is -2.05. The van der Waals surface area contributed by atoms with E-state index < -0.39 is 0 Å². The van der Waals surface area contributed by atoms with Crippen LogP contribution in [0.15, 0.2) is 29.2 Å². The maximum absolute atomic E-state index is 12.4. The summed E-state index contributed by atoms with van der Waals surface area (Å²) >= 11 is 8.01. The Balaban J connectivity index is 2.24. The van der Waals surface area contributed by atoms with Crippen LogP contribution in [0, 0.1) is 0 Å². The molecule has 1 aromatic carbocycles. The molecule has 5 heteroatoms. The first kappa shape index (κ1) is 16.1. The predicted molar refractivity (Wildman–Crippen MR) is 88.5 cm³/mol. The van der Waals surface area contributed by atoms with Gasteiger partial charge >= 0.3 is 0 Å². The maximum atomic E-state index is 12.4. The Kier molecular flexibility index (Phi) is 5.48. The Labute approximate surface area is 134 Å². The van der Waals surface area contributed by atoms with Crippen molar-refractivity contribution in [3.05, 3.63) is 46.2 Å². The van der Waals surface area contributed by atoms with Crippen molar-refractivity contribution in [3.63, 3.8) is 0 Å². The predicted octanol–water partition coefficient (Wildman–Crippen LogP) is 4.27. The number of aromatic nitrogens is 2. The van der Waals surface area contributed by atoms with Crippen molar-refractivity contribution in [1.29, 1.82) is 0 Å². The van der Waals surface area contributed by atoms with Crippen LogP contribution >= 0.6 is 23.4 Å². The highest BCUT2D eigenvalue weighted by Crippen LogP contribution is 2.23. The summed E-state index contributed by atoms with van der Waals surface area (Å²) in [5.41, 5.74) is 2.39. The number of benzene rings is 1. The molecular formula is C16H19ClN2OS. The Hall–Kier alpha value is -1.26. The molecule has 21 heavy (non-hydrogen) atoms. The molecule has 0 radical (unpaired) electrons. The lowest BCUT2D eigenvalue weighted by molar-refractivity contribution is 0.0990. The number of Topliss-reactive ketones (excluding diaryl/α,β-unsaturated/α-hetero) is 1. The number of carbonyl (C=O) groups excluding carboxylic acids is 1. The van der Waals surface area contributed by atoms with Crippen LogP contribution in [0.5, 0.6) is 0 Å². The summed E-state index contributed by atoms with van der Waals surface area (Å²) in [5, 5.41) is 5.08. The molecule has 2 rings (SSSR count). The lowest BCUT2D eigenvalue weighted by atomic mass is 10.1. The molecule has 1 heterocycles. The fraction of sp³-hybridized carbons (Fsp3) is 0.375. The van der Waals surface area contributed by atoms with Gasteiger partial charge in [0.15, 0.2) is 5.78 Å². The first-order chi connectivity index (χ1) is 10.1. The molecule has 0 aliphatic carbocycles. The van der Waals surface area contributed by atoms with E-state index in [2.05, 4.69) is 5.10 Å². The Morgan fingerprint density at radius 1 is 1.29 bits per heavy atom. The lowest BCUT2D eigenvalue weighted by Crippen LogP contribution is -2.10. The molecule has 0 saturated heterocycles. The van der Waals surface area contributed by atoms with Crippen LogP contribution in [-0.2, 0) is 19.4 Å². The van der Waals surface area contributed by atoms with Gasteiger partial charge < -0.3 is 0 Å². The van der Waals surface area contributed by atoms with Gasteiger partial charge in [0, 0.05) is 17.0 Å². The van der Waals surface area contributed by atoms with E-state index in [0.717, 1.165) is 22.7 Å². The Morgan fingerprint density at radius 2 is 1.95 bits per heavy atom. The number of nitrogens with zero attached hydrogens (tertiary/aromatic N) is 2. The van der Waals surface area contributed by atoms with Crippen molar-refractivity contribution in [2.24, 2.45) is 0 Å². The zero-order chi connectivity index (χ0) is 15.4. The Bertz CT molecular complexity index is 634. The van der Waals surface area contributed by atoms with E-state index in [1.165, 1.54) is 0 Å². The summed E-state index contributed by atoms with van der Waals surface area (Å²) in [4.78, 5) is 13.6. The molecule has 3 nitrogen and oxygen atoms in total. The van der Waals surface area contributed by atoms with Crippen molar-refractivity contribution in [2.45, 2.75) is 38.1 Å². The van der Waals surface area contributed by atoms with E-state index >= 15 is 0 Å². The van der Waals surface area contributed by atoms with Gasteiger partial charge in [0.05, 0.1) is 22.8 Å². The van der Waals surface area contributed by atoms with Crippen LogP contribution in [-0.4, -0.2) is 21.8 Å². The molecule has 1 aromatic heterocycles. The Morgan fingerprint density at radius 3 is 2.48 bits per heavy atom. The number of ketones is 1. The van der Waals surface area contributed by atoms with E-state index in [1.807, 2.05) is 49.1 Å². The van der Waals surface area contributed by atoms with Gasteiger partial charge in [0.1, 0.15) is 0 Å². The van der Waals surface area contributed by atoms with Gasteiger partial charge in [0.2, 0.25) is 0 Å². The molecule has 0 aliphatic rings. The first-order valence-corrected chi connectivity index (χ1v) is 8.62. The summed E-state index contributed by atoms with van der Waals surface area (Å²) in [6.07, 6.45) is 3.08. The van der Waals surface area contributed by atoms with Crippen molar-refractivity contribution in [1.82, 2.24) is 9.78 Å². The van der Waals surface area contributed by atoms with Crippen molar-refractivity contribution >= 4 is 29.1 Å². The molecule has 112 valence electrons. The highest BCUT2D eigenvalue weighted by Gasteiger charge is 2.18. The number of halogens is 1. The van der Waals surface area contributed by atoms with Crippen LogP contribution in [0.2, 0.25) is 5.02 Å². The summed E-state index contributed by atoms with van der Waals surface area (Å²) in [5.74, 6) is 0.0711. The van der Waals surface area contributed by atoms with Gasteiger partial charge in [-0.25, -0.2) is 0 Å². The largest absolute Gasteiger partial charge is 0.294 e. The average molecular weight is 323 g/mol. The summed E-state index contributed by atoms with van der Waals surface area (Å²) in [6.45, 7) is 4.73. The van der Waals surface area contributed by atoms with Crippen LogP contribution in [0.25, 0.3) is 0 Å². The molecule has 0 fully saturated rings. The molecule has 0 saturated carbocycles. The highest BCUT2D eigenvalue weighted by molar-refractivity contribution is 7.98. The molecule has 0 N–H and O–H groups in total. The fourth-order valence-corrected chi connectivity index (χ4v) is 2.96. The quantitative estimate of drug-likeness (QED) is 0.588. The van der Waals surface area contributed by atoms with Crippen molar-refractivity contribution in [3.8, 4) is 0 Å². The summed E-state index contributed by atoms with van der Waals surface area (Å²) < 4.78 is 1.83. The van der Waals surface area contributed by atoms with E-state index in [0.29, 0.717) is 17.1 Å². The van der Waals surface area contributed by atoms with Gasteiger partial charge in [-0.05, 0) is 31.7 Å². The van der Waals surface area contributed by atoms with Gasteiger partial charge in [-0.1, -0.05) is 30.7 Å². The minimum Gasteiger partial charge on any atom is -0.294 e. The number of hydrogen-bond donors (Lipinski definition) is 0. The molecular weight excluding hydrogens is 304 g/mol. The van der Waals surface area contributed by atoms with Crippen molar-refractivity contribution < 1.29 is 4.79 Å². The molecule has 0 spiro atoms. The second-order valence-corrected chi connectivity index (χ2v) is 5.96. The second kappa shape index (κ2) is 7.14. The van der Waals surface area contributed by atoms with Gasteiger partial charge in [-0.15, -0.1) is 11.8 Å². The zero-order valence-corrected chi connectivity index (χ0v) is 14.1. The third-order valence-corrected chi connectivity index (χ3v) is 4.61. The van der Waals surface area contributed by atoms with Gasteiger partial charge in [0.25, 0.3) is 0 Å². The van der Waals surface area contributed by atoms with Crippen LogP contribution in [0.1, 0.15) is 35.6 Å². The van der Waals surface area contributed by atoms with Crippen LogP contribution < -0.4 is 0 Å². The molecule has 0 bridgehead atoms. The highest BCUT2D eigenvalue weighted by atomic mass is 35.5. The molecule has 0 unspecified atom stereocenters. The second-order valence-electron chi connectivity index (χ2n) is 4.71. The summed E-state index contributed by atoms with van der Waals surface area (Å²) in [7, 11) is 0. The number of aryl methyl sites for hydroxylation is 2. The standard InChI is InChI=1S/C16H19ClN2OS/c1-4-13-16(17)14(19(5-2)18-13)10-15(20)11-6-8-12(21-3)9-7-11/h6-9H,4-5,10H2,1-3H3. The minimum atomic E-state index is 0.0711.